The number of benzene rings is 1. The predicted molar refractivity (Wildman–Crippen MR) is 90.3 cm³/mol. The number of fused-ring (bicyclic) bond motifs is 2. The summed E-state index contributed by atoms with van der Waals surface area (Å²) in [5.41, 5.74) is 1.42. The number of carbonyl (C=O) groups is 2. The first kappa shape index (κ1) is 15.4. The van der Waals surface area contributed by atoms with Crippen molar-refractivity contribution in [3.05, 3.63) is 47.7 Å². The highest BCUT2D eigenvalue weighted by Gasteiger charge is 2.30. The van der Waals surface area contributed by atoms with Gasteiger partial charge in [-0.15, -0.1) is 0 Å². The summed E-state index contributed by atoms with van der Waals surface area (Å²) in [7, 11) is 0. The summed E-state index contributed by atoms with van der Waals surface area (Å²) in [6, 6.07) is 8.48. The minimum atomic E-state index is -0.237. The van der Waals surface area contributed by atoms with Crippen molar-refractivity contribution in [1.82, 2.24) is 10.3 Å². The lowest BCUT2D eigenvalue weighted by Crippen LogP contribution is -2.42. The van der Waals surface area contributed by atoms with Crippen LogP contribution < -0.4 is 19.7 Å². The Morgan fingerprint density at radius 1 is 1.36 bits per heavy atom. The molecule has 0 spiro atoms. The first-order valence-corrected chi connectivity index (χ1v) is 8.12. The second-order valence-corrected chi connectivity index (χ2v) is 5.99. The van der Waals surface area contributed by atoms with Gasteiger partial charge in [-0.25, -0.2) is 4.98 Å². The number of amides is 2. The molecule has 2 aromatic rings. The number of nitrogens with zero attached hydrogens (tertiary/aromatic N) is 2. The summed E-state index contributed by atoms with van der Waals surface area (Å²) < 4.78 is 11.2. The van der Waals surface area contributed by atoms with Crippen LogP contribution in [0.25, 0.3) is 0 Å². The molecule has 0 saturated carbocycles. The lowest BCUT2D eigenvalue weighted by atomic mass is 10.1. The number of rotatable bonds is 1. The maximum atomic E-state index is 13.1. The molecule has 7 heteroatoms. The molecule has 0 bridgehead atoms. The average Bonchev–Trinajstić information content (AvgIpc) is 2.81. The Kier molecular flexibility index (Phi) is 3.76. The standard InChI is InChI=1S/C18H17N3O4/c1-11-10-21(14-3-2-6-20-17(14)25-11)18(23)12-4-5-15-13(9-12)16(22)19-7-8-24-15/h2-6,9,11H,7-8,10H2,1H3,(H,19,22). The Balaban J connectivity index is 1.71. The van der Waals surface area contributed by atoms with E-state index >= 15 is 0 Å². The predicted octanol–water partition coefficient (Wildman–Crippen LogP) is 1.63. The van der Waals surface area contributed by atoms with E-state index in [0.29, 0.717) is 48.1 Å². The van der Waals surface area contributed by atoms with Gasteiger partial charge in [-0.1, -0.05) is 0 Å². The minimum absolute atomic E-state index is 0.168. The molecule has 2 amide bonds. The summed E-state index contributed by atoms with van der Waals surface area (Å²) in [4.78, 5) is 31.0. The largest absolute Gasteiger partial charge is 0.491 e. The molecule has 1 aromatic heterocycles. The van der Waals surface area contributed by atoms with Crippen molar-refractivity contribution < 1.29 is 19.1 Å². The zero-order valence-electron chi connectivity index (χ0n) is 13.7. The number of nitrogens with one attached hydrogen (secondary N) is 1. The summed E-state index contributed by atoms with van der Waals surface area (Å²) in [5, 5.41) is 2.75. The highest BCUT2D eigenvalue weighted by Crippen LogP contribution is 2.32. The van der Waals surface area contributed by atoms with E-state index < -0.39 is 0 Å². The summed E-state index contributed by atoms with van der Waals surface area (Å²) >= 11 is 0. The molecule has 25 heavy (non-hydrogen) atoms. The summed E-state index contributed by atoms with van der Waals surface area (Å²) in [6.45, 7) is 3.15. The smallest absolute Gasteiger partial charge is 0.258 e. The minimum Gasteiger partial charge on any atom is -0.491 e. The molecule has 1 unspecified atom stereocenters. The van der Waals surface area contributed by atoms with Gasteiger partial charge in [0, 0.05) is 11.8 Å². The maximum Gasteiger partial charge on any atom is 0.258 e. The van der Waals surface area contributed by atoms with Crippen molar-refractivity contribution in [3.8, 4) is 11.6 Å². The molecular formula is C18H17N3O4. The lowest BCUT2D eigenvalue weighted by molar-refractivity contribution is 0.0957. The van der Waals surface area contributed by atoms with Crippen LogP contribution in [0.3, 0.4) is 0 Å². The molecule has 0 radical (unpaired) electrons. The van der Waals surface area contributed by atoms with Gasteiger partial charge in [-0.05, 0) is 37.3 Å². The van der Waals surface area contributed by atoms with E-state index in [0.717, 1.165) is 0 Å². The molecule has 1 N–H and O–H groups in total. The van der Waals surface area contributed by atoms with E-state index in [1.54, 1.807) is 41.4 Å². The van der Waals surface area contributed by atoms with Gasteiger partial charge in [0.05, 0.1) is 18.7 Å². The van der Waals surface area contributed by atoms with E-state index in [4.69, 9.17) is 9.47 Å². The fraction of sp³-hybridized carbons (Fsp3) is 0.278. The number of carbonyl (C=O) groups excluding carboxylic acids is 2. The monoisotopic (exact) mass is 339 g/mol. The van der Waals surface area contributed by atoms with Crippen LogP contribution in [-0.4, -0.2) is 42.6 Å². The highest BCUT2D eigenvalue weighted by atomic mass is 16.5. The second-order valence-electron chi connectivity index (χ2n) is 5.99. The summed E-state index contributed by atoms with van der Waals surface area (Å²) in [5.74, 6) is 0.484. The van der Waals surface area contributed by atoms with E-state index in [9.17, 15) is 9.59 Å². The summed E-state index contributed by atoms with van der Waals surface area (Å²) in [6.07, 6.45) is 1.46. The maximum absolute atomic E-state index is 13.1. The molecular weight excluding hydrogens is 322 g/mol. The second kappa shape index (κ2) is 6.08. The molecule has 3 heterocycles. The van der Waals surface area contributed by atoms with Crippen LogP contribution in [0.2, 0.25) is 0 Å². The van der Waals surface area contributed by atoms with E-state index in [-0.39, 0.29) is 17.9 Å². The third-order valence-corrected chi connectivity index (χ3v) is 4.16. The zero-order valence-corrected chi connectivity index (χ0v) is 13.7. The van der Waals surface area contributed by atoms with Crippen molar-refractivity contribution >= 4 is 17.5 Å². The van der Waals surface area contributed by atoms with Crippen LogP contribution in [0.5, 0.6) is 11.6 Å². The topological polar surface area (TPSA) is 80.8 Å². The fourth-order valence-corrected chi connectivity index (χ4v) is 3.00. The molecule has 0 aliphatic carbocycles. The Hall–Kier alpha value is -3.09. The fourth-order valence-electron chi connectivity index (χ4n) is 3.00. The number of aromatic nitrogens is 1. The first-order valence-electron chi connectivity index (χ1n) is 8.12. The number of ether oxygens (including phenoxy) is 2. The Morgan fingerprint density at radius 3 is 3.12 bits per heavy atom. The van der Waals surface area contributed by atoms with Gasteiger partial charge in [0.1, 0.15) is 24.1 Å². The van der Waals surface area contributed by atoms with Crippen molar-refractivity contribution in [3.63, 3.8) is 0 Å². The zero-order chi connectivity index (χ0) is 17.4. The Morgan fingerprint density at radius 2 is 2.24 bits per heavy atom. The SMILES string of the molecule is CC1CN(C(=O)c2ccc3c(c2)C(=O)NCCO3)c2cccnc2O1. The molecule has 4 rings (SSSR count). The third kappa shape index (κ3) is 2.77. The average molecular weight is 339 g/mol. The van der Waals surface area contributed by atoms with E-state index in [2.05, 4.69) is 10.3 Å². The third-order valence-electron chi connectivity index (χ3n) is 4.16. The van der Waals surface area contributed by atoms with Crippen LogP contribution in [0, 0.1) is 0 Å². The van der Waals surface area contributed by atoms with E-state index in [1.165, 1.54) is 0 Å². The van der Waals surface area contributed by atoms with Crippen LogP contribution in [0.15, 0.2) is 36.5 Å². The Bertz CT molecular complexity index is 852. The van der Waals surface area contributed by atoms with Crippen LogP contribution in [-0.2, 0) is 0 Å². The lowest BCUT2D eigenvalue weighted by Gasteiger charge is -2.32. The van der Waals surface area contributed by atoms with Gasteiger partial charge in [-0.2, -0.15) is 0 Å². The number of hydrogen-bond donors (Lipinski definition) is 1. The Labute approximate surface area is 144 Å². The van der Waals surface area contributed by atoms with Crippen molar-refractivity contribution in [2.75, 3.05) is 24.6 Å². The molecule has 0 fully saturated rings. The van der Waals surface area contributed by atoms with Gasteiger partial charge in [0.15, 0.2) is 0 Å². The molecule has 0 saturated heterocycles. The first-order chi connectivity index (χ1) is 12.1. The molecule has 2 aliphatic rings. The van der Waals surface area contributed by atoms with Gasteiger partial charge in [0.25, 0.3) is 11.8 Å². The highest BCUT2D eigenvalue weighted by molar-refractivity contribution is 6.09. The number of hydrogen-bond acceptors (Lipinski definition) is 5. The van der Waals surface area contributed by atoms with Crippen LogP contribution in [0.4, 0.5) is 5.69 Å². The van der Waals surface area contributed by atoms with Crippen LogP contribution in [0.1, 0.15) is 27.6 Å². The molecule has 2 aliphatic heterocycles. The molecule has 1 aromatic carbocycles. The van der Waals surface area contributed by atoms with Gasteiger partial charge >= 0.3 is 0 Å². The molecule has 7 nitrogen and oxygen atoms in total. The number of anilines is 1. The van der Waals surface area contributed by atoms with E-state index in [1.807, 2.05) is 6.92 Å². The van der Waals surface area contributed by atoms with Gasteiger partial charge in [-0.3, -0.25) is 14.5 Å². The van der Waals surface area contributed by atoms with Crippen molar-refractivity contribution in [1.29, 1.82) is 0 Å². The molecule has 1 atom stereocenters. The number of pyridine rings is 1. The van der Waals surface area contributed by atoms with Gasteiger partial charge in [0.2, 0.25) is 5.88 Å². The van der Waals surface area contributed by atoms with Crippen LogP contribution >= 0.6 is 0 Å². The van der Waals surface area contributed by atoms with Crippen molar-refractivity contribution in [2.24, 2.45) is 0 Å². The quantitative estimate of drug-likeness (QED) is 0.854. The molecule has 128 valence electrons. The normalized spacial score (nSPS) is 18.8. The van der Waals surface area contributed by atoms with Crippen molar-refractivity contribution in [2.45, 2.75) is 13.0 Å². The van der Waals surface area contributed by atoms with Gasteiger partial charge < -0.3 is 14.8 Å².